The van der Waals surface area contributed by atoms with Gasteiger partial charge in [-0.15, -0.1) is 0 Å². The minimum atomic E-state index is -0.0758. The third kappa shape index (κ3) is 4.89. The molecular weight excluding hydrogens is 338 g/mol. The number of anilines is 1. The summed E-state index contributed by atoms with van der Waals surface area (Å²) in [6.45, 7) is 5.45. The van der Waals surface area contributed by atoms with E-state index in [2.05, 4.69) is 10.2 Å². The minimum Gasteiger partial charge on any atom is -0.338 e. The number of carbonyl (C=O) groups excluding carboxylic acids is 2. The second kappa shape index (κ2) is 8.87. The topological polar surface area (TPSA) is 52.7 Å². The van der Waals surface area contributed by atoms with Crippen LogP contribution >= 0.6 is 0 Å². The molecule has 1 aliphatic heterocycles. The Bertz CT molecular complexity index is 686. The highest BCUT2D eigenvalue weighted by Crippen LogP contribution is 2.35. The van der Waals surface area contributed by atoms with E-state index in [9.17, 15) is 9.59 Å². The molecule has 0 unspecified atom stereocenters. The molecule has 0 radical (unpaired) electrons. The molecular formula is C22H33N3O2. The summed E-state index contributed by atoms with van der Waals surface area (Å²) in [6.07, 6.45) is 7.34. The molecule has 2 fully saturated rings. The maximum atomic E-state index is 12.9. The SMILES string of the molecule is Cc1cccc(NC(=O)CN(C)CC(=O)N2CCC[C@@H]3CCCC[C@@H]32)c1C. The predicted octanol–water partition coefficient (Wildman–Crippen LogP) is 3.35. The molecule has 0 aromatic heterocycles. The summed E-state index contributed by atoms with van der Waals surface area (Å²) in [5.41, 5.74) is 3.09. The summed E-state index contributed by atoms with van der Waals surface area (Å²) in [5.74, 6) is 0.788. The lowest BCUT2D eigenvalue weighted by Crippen LogP contribution is -2.52. The molecule has 148 valence electrons. The summed E-state index contributed by atoms with van der Waals surface area (Å²) < 4.78 is 0. The van der Waals surface area contributed by atoms with Crippen LogP contribution in [0.15, 0.2) is 18.2 Å². The fourth-order valence-electron chi connectivity index (χ4n) is 4.63. The molecule has 1 aromatic carbocycles. The second-order valence-electron chi connectivity index (χ2n) is 8.31. The number of nitrogens with zero attached hydrogens (tertiary/aromatic N) is 2. The standard InChI is InChI=1S/C22H33N3O2/c1-16-8-6-11-19(17(16)2)23-21(26)14-24(3)15-22(27)25-13-7-10-18-9-4-5-12-20(18)25/h6,8,11,18,20H,4-5,7,9-10,12-15H2,1-3H3,(H,23,26)/t18-,20-/m0/s1. The van der Waals surface area contributed by atoms with E-state index in [1.54, 1.807) is 0 Å². The van der Waals surface area contributed by atoms with Crippen LogP contribution in [-0.4, -0.2) is 54.3 Å². The van der Waals surface area contributed by atoms with E-state index in [1.807, 2.05) is 44.0 Å². The van der Waals surface area contributed by atoms with Crippen molar-refractivity contribution in [2.75, 3.05) is 32.0 Å². The van der Waals surface area contributed by atoms with Crippen LogP contribution in [0, 0.1) is 19.8 Å². The first-order valence-corrected chi connectivity index (χ1v) is 10.3. The van der Waals surface area contributed by atoms with Gasteiger partial charge in [0.15, 0.2) is 0 Å². The lowest BCUT2D eigenvalue weighted by molar-refractivity contribution is -0.138. The average Bonchev–Trinajstić information content (AvgIpc) is 2.64. The minimum absolute atomic E-state index is 0.0758. The lowest BCUT2D eigenvalue weighted by Gasteiger charge is -2.44. The molecule has 1 saturated heterocycles. The smallest absolute Gasteiger partial charge is 0.238 e. The van der Waals surface area contributed by atoms with Gasteiger partial charge in [0.25, 0.3) is 0 Å². The summed E-state index contributed by atoms with van der Waals surface area (Å²) >= 11 is 0. The van der Waals surface area contributed by atoms with Crippen LogP contribution in [0.4, 0.5) is 5.69 Å². The van der Waals surface area contributed by atoms with Gasteiger partial charge in [0.1, 0.15) is 0 Å². The molecule has 2 aliphatic rings. The quantitative estimate of drug-likeness (QED) is 0.863. The number of likely N-dealkylation sites (N-methyl/N-ethyl adjacent to an activating group) is 1. The van der Waals surface area contributed by atoms with Crippen molar-refractivity contribution >= 4 is 17.5 Å². The Morgan fingerprint density at radius 1 is 1.11 bits per heavy atom. The Morgan fingerprint density at radius 3 is 2.67 bits per heavy atom. The zero-order valence-corrected chi connectivity index (χ0v) is 17.0. The van der Waals surface area contributed by atoms with Crippen LogP contribution < -0.4 is 5.32 Å². The number of likely N-dealkylation sites (tertiary alicyclic amines) is 1. The highest BCUT2D eigenvalue weighted by molar-refractivity contribution is 5.93. The van der Waals surface area contributed by atoms with Gasteiger partial charge in [-0.05, 0) is 69.7 Å². The van der Waals surface area contributed by atoms with E-state index in [1.165, 1.54) is 25.7 Å². The third-order valence-electron chi connectivity index (χ3n) is 6.26. The van der Waals surface area contributed by atoms with Gasteiger partial charge >= 0.3 is 0 Å². The van der Waals surface area contributed by atoms with Crippen molar-refractivity contribution in [1.82, 2.24) is 9.80 Å². The number of piperidine rings is 1. The Kier molecular flexibility index (Phi) is 6.53. The molecule has 2 amide bonds. The number of hydrogen-bond acceptors (Lipinski definition) is 3. The largest absolute Gasteiger partial charge is 0.338 e. The summed E-state index contributed by atoms with van der Waals surface area (Å²) in [5, 5.41) is 2.97. The van der Waals surface area contributed by atoms with E-state index < -0.39 is 0 Å². The highest BCUT2D eigenvalue weighted by Gasteiger charge is 2.35. The van der Waals surface area contributed by atoms with E-state index in [0.29, 0.717) is 18.5 Å². The van der Waals surface area contributed by atoms with E-state index in [0.717, 1.165) is 36.2 Å². The summed E-state index contributed by atoms with van der Waals surface area (Å²) in [4.78, 5) is 29.2. The number of hydrogen-bond donors (Lipinski definition) is 1. The Morgan fingerprint density at radius 2 is 1.85 bits per heavy atom. The monoisotopic (exact) mass is 371 g/mol. The van der Waals surface area contributed by atoms with Crippen molar-refractivity contribution in [3.8, 4) is 0 Å². The van der Waals surface area contributed by atoms with Gasteiger partial charge in [-0.2, -0.15) is 0 Å². The van der Waals surface area contributed by atoms with Gasteiger partial charge in [0, 0.05) is 18.3 Å². The van der Waals surface area contributed by atoms with Gasteiger partial charge in [0.05, 0.1) is 13.1 Å². The van der Waals surface area contributed by atoms with Crippen molar-refractivity contribution < 1.29 is 9.59 Å². The van der Waals surface area contributed by atoms with E-state index in [4.69, 9.17) is 0 Å². The lowest BCUT2D eigenvalue weighted by atomic mass is 9.78. The van der Waals surface area contributed by atoms with Crippen molar-refractivity contribution in [3.63, 3.8) is 0 Å². The first-order valence-electron chi connectivity index (χ1n) is 10.3. The van der Waals surface area contributed by atoms with E-state index in [-0.39, 0.29) is 18.4 Å². The van der Waals surface area contributed by atoms with Gasteiger partial charge in [-0.1, -0.05) is 25.0 Å². The van der Waals surface area contributed by atoms with Crippen molar-refractivity contribution in [1.29, 1.82) is 0 Å². The second-order valence-corrected chi connectivity index (χ2v) is 8.31. The van der Waals surface area contributed by atoms with Crippen LogP contribution in [0.25, 0.3) is 0 Å². The van der Waals surface area contributed by atoms with Crippen LogP contribution in [0.5, 0.6) is 0 Å². The van der Waals surface area contributed by atoms with Gasteiger partial charge in [-0.3, -0.25) is 14.5 Å². The molecule has 1 saturated carbocycles. The molecule has 1 heterocycles. The third-order valence-corrected chi connectivity index (χ3v) is 6.26. The van der Waals surface area contributed by atoms with E-state index >= 15 is 0 Å². The maximum absolute atomic E-state index is 12.9. The molecule has 3 rings (SSSR count). The molecule has 2 atom stereocenters. The highest BCUT2D eigenvalue weighted by atomic mass is 16.2. The molecule has 1 aromatic rings. The summed E-state index contributed by atoms with van der Waals surface area (Å²) in [6, 6.07) is 6.33. The number of amides is 2. The molecule has 5 nitrogen and oxygen atoms in total. The van der Waals surface area contributed by atoms with Crippen molar-refractivity contribution in [2.45, 2.75) is 58.4 Å². The van der Waals surface area contributed by atoms with Crippen LogP contribution in [-0.2, 0) is 9.59 Å². The van der Waals surface area contributed by atoms with Gasteiger partial charge in [-0.25, -0.2) is 0 Å². The van der Waals surface area contributed by atoms with Crippen LogP contribution in [0.1, 0.15) is 49.7 Å². The molecule has 0 bridgehead atoms. The number of fused-ring (bicyclic) bond motifs is 1. The number of aryl methyl sites for hydroxylation is 1. The number of benzene rings is 1. The molecule has 0 spiro atoms. The number of nitrogens with one attached hydrogen (secondary N) is 1. The predicted molar refractivity (Wildman–Crippen MR) is 109 cm³/mol. The van der Waals surface area contributed by atoms with Gasteiger partial charge < -0.3 is 10.2 Å². The average molecular weight is 372 g/mol. The zero-order valence-electron chi connectivity index (χ0n) is 17.0. The Labute approximate surface area is 163 Å². The molecule has 1 N–H and O–H groups in total. The van der Waals surface area contributed by atoms with Gasteiger partial charge in [0.2, 0.25) is 11.8 Å². The number of carbonyl (C=O) groups is 2. The fraction of sp³-hybridized carbons (Fsp3) is 0.636. The first-order chi connectivity index (χ1) is 13.0. The first kappa shape index (κ1) is 19.9. The normalized spacial score (nSPS) is 22.4. The Hall–Kier alpha value is -1.88. The van der Waals surface area contributed by atoms with Crippen LogP contribution in [0.3, 0.4) is 0 Å². The number of rotatable bonds is 5. The van der Waals surface area contributed by atoms with Crippen molar-refractivity contribution in [2.24, 2.45) is 5.92 Å². The van der Waals surface area contributed by atoms with Crippen molar-refractivity contribution in [3.05, 3.63) is 29.3 Å². The molecule has 27 heavy (non-hydrogen) atoms. The zero-order chi connectivity index (χ0) is 19.4. The molecule has 1 aliphatic carbocycles. The Balaban J connectivity index is 1.52. The maximum Gasteiger partial charge on any atom is 0.238 e. The summed E-state index contributed by atoms with van der Waals surface area (Å²) in [7, 11) is 1.85. The van der Waals surface area contributed by atoms with Crippen LogP contribution in [0.2, 0.25) is 0 Å². The molecule has 5 heteroatoms. The fourth-order valence-corrected chi connectivity index (χ4v) is 4.63.